The van der Waals surface area contributed by atoms with Crippen LogP contribution in [0.2, 0.25) is 5.02 Å². The van der Waals surface area contributed by atoms with Gasteiger partial charge in [-0.25, -0.2) is 9.55 Å². The normalized spacial score (nSPS) is 19.3. The fourth-order valence-corrected chi connectivity index (χ4v) is 6.40. The molecule has 3 N–H and O–H groups in total. The maximum absolute atomic E-state index is 13.9. The molecule has 0 aliphatic heterocycles. The number of anilines is 1. The predicted molar refractivity (Wildman–Crippen MR) is 146 cm³/mol. The standard InChI is InChI=1S/C25H28ClN6O6P/c1-14(24(33)36-3)31-39(34,38-20-9-8-19(26)17-6-4-5-7-18(17)20)37-12-15-10-16(11-15)32-13-28-21-22(32)29-25(27)30-23(21)35-2/h4-9,13-16H,10-12H2,1-3H3,(H,31,34)(H2,27,29,30)/t14-,15?,16?,39?/m0/s1. The number of nitrogens with zero attached hydrogens (tertiary/aromatic N) is 4. The van der Waals surface area contributed by atoms with Gasteiger partial charge in [0, 0.05) is 21.8 Å². The van der Waals surface area contributed by atoms with Crippen LogP contribution in [0.15, 0.2) is 42.7 Å². The van der Waals surface area contributed by atoms with Crippen LogP contribution in [0.3, 0.4) is 0 Å². The first-order valence-electron chi connectivity index (χ1n) is 12.2. The van der Waals surface area contributed by atoms with Crippen molar-refractivity contribution in [1.29, 1.82) is 0 Å². The molecule has 2 atom stereocenters. The number of halogens is 1. The van der Waals surface area contributed by atoms with Gasteiger partial charge in [-0.2, -0.15) is 15.1 Å². The summed E-state index contributed by atoms with van der Waals surface area (Å²) in [6, 6.07) is 9.74. The number of ether oxygens (including phenoxy) is 2. The van der Waals surface area contributed by atoms with Crippen LogP contribution in [0, 0.1) is 5.92 Å². The van der Waals surface area contributed by atoms with Crippen LogP contribution >= 0.6 is 19.3 Å². The lowest BCUT2D eigenvalue weighted by Crippen LogP contribution is -2.36. The Morgan fingerprint density at radius 3 is 2.67 bits per heavy atom. The average Bonchev–Trinajstić information content (AvgIpc) is 3.31. The van der Waals surface area contributed by atoms with Crippen LogP contribution in [-0.4, -0.2) is 52.4 Å². The summed E-state index contributed by atoms with van der Waals surface area (Å²) >= 11 is 6.33. The zero-order valence-corrected chi connectivity index (χ0v) is 23.2. The molecule has 14 heteroatoms. The molecule has 4 aromatic rings. The Kier molecular flexibility index (Phi) is 7.64. The van der Waals surface area contributed by atoms with Gasteiger partial charge in [0.2, 0.25) is 11.8 Å². The molecule has 5 rings (SSSR count). The molecule has 1 unspecified atom stereocenters. The molecule has 39 heavy (non-hydrogen) atoms. The minimum atomic E-state index is -4.02. The Hall–Kier alpha value is -3.44. The second kappa shape index (κ2) is 11.0. The molecule has 1 fully saturated rings. The van der Waals surface area contributed by atoms with E-state index in [2.05, 4.69) is 20.0 Å². The number of methoxy groups -OCH3 is 2. The summed E-state index contributed by atoms with van der Waals surface area (Å²) in [5, 5.41) is 4.63. The first kappa shape index (κ1) is 27.1. The Bertz CT molecular complexity index is 1580. The van der Waals surface area contributed by atoms with E-state index in [-0.39, 0.29) is 24.5 Å². The molecule has 1 saturated carbocycles. The molecule has 0 radical (unpaired) electrons. The summed E-state index contributed by atoms with van der Waals surface area (Å²) in [4.78, 5) is 24.8. The van der Waals surface area contributed by atoms with E-state index in [4.69, 9.17) is 35.9 Å². The van der Waals surface area contributed by atoms with E-state index in [0.717, 1.165) is 5.39 Å². The van der Waals surface area contributed by atoms with Crippen LogP contribution in [-0.2, 0) is 18.6 Å². The minimum Gasteiger partial charge on any atom is -0.479 e. The summed E-state index contributed by atoms with van der Waals surface area (Å²) in [7, 11) is -1.27. The third-order valence-electron chi connectivity index (χ3n) is 6.64. The third-order valence-corrected chi connectivity index (χ3v) is 8.60. The van der Waals surface area contributed by atoms with Crippen molar-refractivity contribution < 1.29 is 27.9 Å². The van der Waals surface area contributed by atoms with Crippen molar-refractivity contribution in [1.82, 2.24) is 24.6 Å². The quantitative estimate of drug-likeness (QED) is 0.203. The topological polar surface area (TPSA) is 153 Å². The van der Waals surface area contributed by atoms with E-state index in [9.17, 15) is 9.36 Å². The Morgan fingerprint density at radius 2 is 1.95 bits per heavy atom. The van der Waals surface area contributed by atoms with Crippen LogP contribution in [0.1, 0.15) is 25.8 Å². The molecule has 2 aromatic carbocycles. The molecule has 0 amide bonds. The molecule has 1 aliphatic rings. The minimum absolute atomic E-state index is 0.0719. The first-order chi connectivity index (χ1) is 18.7. The predicted octanol–water partition coefficient (Wildman–Crippen LogP) is 4.53. The van der Waals surface area contributed by atoms with Gasteiger partial charge in [0.1, 0.15) is 11.8 Å². The average molecular weight is 575 g/mol. The molecular weight excluding hydrogens is 547 g/mol. The summed E-state index contributed by atoms with van der Waals surface area (Å²) in [6.45, 7) is 1.66. The highest BCUT2D eigenvalue weighted by atomic mass is 35.5. The Balaban J connectivity index is 1.31. The zero-order chi connectivity index (χ0) is 27.7. The van der Waals surface area contributed by atoms with E-state index < -0.39 is 19.8 Å². The number of carbonyl (C=O) groups excluding carboxylic acids is 1. The number of esters is 1. The van der Waals surface area contributed by atoms with Crippen LogP contribution in [0.25, 0.3) is 21.9 Å². The number of hydrogen-bond donors (Lipinski definition) is 2. The molecule has 0 saturated heterocycles. The van der Waals surface area contributed by atoms with Crippen LogP contribution in [0.5, 0.6) is 11.6 Å². The van der Waals surface area contributed by atoms with Crippen molar-refractivity contribution in [2.24, 2.45) is 5.92 Å². The van der Waals surface area contributed by atoms with Gasteiger partial charge < -0.3 is 24.3 Å². The molecule has 0 bridgehead atoms. The third kappa shape index (κ3) is 5.51. The number of nitrogen functional groups attached to an aromatic ring is 1. The van der Waals surface area contributed by atoms with Gasteiger partial charge in [-0.3, -0.25) is 9.32 Å². The van der Waals surface area contributed by atoms with Crippen molar-refractivity contribution in [3.05, 3.63) is 47.7 Å². The first-order valence-corrected chi connectivity index (χ1v) is 14.1. The lowest BCUT2D eigenvalue weighted by Gasteiger charge is -2.36. The fraction of sp³-hybridized carbons (Fsp3) is 0.360. The second-order valence-corrected chi connectivity index (χ2v) is 11.4. The van der Waals surface area contributed by atoms with Crippen LogP contribution < -0.4 is 20.1 Å². The second-order valence-electron chi connectivity index (χ2n) is 9.26. The number of nitrogens with two attached hydrogens (primary N) is 1. The molecule has 1 aliphatic carbocycles. The Labute approximate surface area is 229 Å². The number of fused-ring (bicyclic) bond motifs is 2. The maximum atomic E-state index is 13.9. The van der Waals surface area contributed by atoms with Crippen molar-refractivity contribution >= 4 is 53.2 Å². The molecule has 0 spiro atoms. The molecular formula is C25H28ClN6O6P. The van der Waals surface area contributed by atoms with Gasteiger partial charge in [0.15, 0.2) is 11.2 Å². The Morgan fingerprint density at radius 1 is 1.21 bits per heavy atom. The number of aromatic nitrogens is 4. The van der Waals surface area contributed by atoms with E-state index in [1.807, 2.05) is 28.8 Å². The molecule has 12 nitrogen and oxygen atoms in total. The molecule has 2 heterocycles. The van der Waals surface area contributed by atoms with Gasteiger partial charge in [0.25, 0.3) is 0 Å². The zero-order valence-electron chi connectivity index (χ0n) is 21.5. The monoisotopic (exact) mass is 574 g/mol. The highest BCUT2D eigenvalue weighted by molar-refractivity contribution is 7.52. The number of benzene rings is 2. The van der Waals surface area contributed by atoms with Crippen LogP contribution in [0.4, 0.5) is 5.95 Å². The largest absolute Gasteiger partial charge is 0.479 e. The van der Waals surface area contributed by atoms with Gasteiger partial charge in [-0.1, -0.05) is 35.9 Å². The number of nitrogens with one attached hydrogen (secondary N) is 1. The maximum Gasteiger partial charge on any atom is 0.459 e. The van der Waals surface area contributed by atoms with Gasteiger partial charge in [-0.15, -0.1) is 0 Å². The SMILES string of the molecule is COC(=O)[C@H](C)NP(=O)(OCC1CC(n2cnc3c(OC)nc(N)nc32)C1)Oc1ccc(Cl)c2ccccc12. The van der Waals surface area contributed by atoms with Crippen molar-refractivity contribution in [2.75, 3.05) is 26.6 Å². The van der Waals surface area contributed by atoms with Gasteiger partial charge in [-0.05, 0) is 37.8 Å². The highest BCUT2D eigenvalue weighted by Crippen LogP contribution is 2.50. The summed E-state index contributed by atoms with van der Waals surface area (Å²) < 4.78 is 37.7. The van der Waals surface area contributed by atoms with Crippen molar-refractivity contribution in [2.45, 2.75) is 31.8 Å². The number of rotatable bonds is 10. The van der Waals surface area contributed by atoms with E-state index in [1.165, 1.54) is 21.1 Å². The summed E-state index contributed by atoms with van der Waals surface area (Å²) in [6.07, 6.45) is 3.12. The number of imidazole rings is 1. The number of carbonyl (C=O) groups is 1. The lowest BCUT2D eigenvalue weighted by atomic mass is 9.81. The molecule has 206 valence electrons. The van der Waals surface area contributed by atoms with E-state index in [0.29, 0.717) is 46.0 Å². The molecule has 2 aromatic heterocycles. The van der Waals surface area contributed by atoms with Gasteiger partial charge in [0.05, 0.1) is 27.2 Å². The van der Waals surface area contributed by atoms with Crippen molar-refractivity contribution in [3.63, 3.8) is 0 Å². The van der Waals surface area contributed by atoms with E-state index in [1.54, 1.807) is 18.5 Å². The van der Waals surface area contributed by atoms with Gasteiger partial charge >= 0.3 is 13.7 Å². The summed E-state index contributed by atoms with van der Waals surface area (Å²) in [5.74, 6) is 0.192. The number of hydrogen-bond acceptors (Lipinski definition) is 10. The van der Waals surface area contributed by atoms with E-state index >= 15 is 0 Å². The fourth-order valence-electron chi connectivity index (χ4n) is 4.58. The smallest absolute Gasteiger partial charge is 0.459 e. The summed E-state index contributed by atoms with van der Waals surface area (Å²) in [5.41, 5.74) is 6.94. The highest BCUT2D eigenvalue weighted by Gasteiger charge is 2.37. The lowest BCUT2D eigenvalue weighted by molar-refractivity contribution is -0.142. The van der Waals surface area contributed by atoms with Crippen molar-refractivity contribution in [3.8, 4) is 11.6 Å².